The van der Waals surface area contributed by atoms with Crippen molar-refractivity contribution in [1.82, 2.24) is 9.80 Å². The fourth-order valence-electron chi connectivity index (χ4n) is 3.86. The van der Waals surface area contributed by atoms with Crippen LogP contribution >= 0.6 is 0 Å². The van der Waals surface area contributed by atoms with E-state index in [2.05, 4.69) is 47.1 Å². The van der Waals surface area contributed by atoms with Gasteiger partial charge >= 0.3 is 0 Å². The molecule has 1 aliphatic carbocycles. The second-order valence-corrected chi connectivity index (χ2v) is 6.72. The Kier molecular flexibility index (Phi) is 4.74. The predicted octanol–water partition coefficient (Wildman–Crippen LogP) is 3.38. The third-order valence-corrected chi connectivity index (χ3v) is 5.08. The summed E-state index contributed by atoms with van der Waals surface area (Å²) < 4.78 is 0. The van der Waals surface area contributed by atoms with E-state index in [4.69, 9.17) is 0 Å². The molecule has 2 heteroatoms. The van der Waals surface area contributed by atoms with Crippen LogP contribution in [0, 0.1) is 5.92 Å². The summed E-state index contributed by atoms with van der Waals surface area (Å²) >= 11 is 0. The van der Waals surface area contributed by atoms with Gasteiger partial charge in [0.05, 0.1) is 0 Å². The summed E-state index contributed by atoms with van der Waals surface area (Å²) in [6.07, 6.45) is 5.75. The third-order valence-electron chi connectivity index (χ3n) is 5.08. The van der Waals surface area contributed by atoms with Gasteiger partial charge in [0.1, 0.15) is 0 Å². The normalized spacial score (nSPS) is 29.4. The SMILES string of the molecule is C[C@@H]1CCC[C@H](N2CCN(Cc3ccccc3)CC2)C1. The maximum absolute atomic E-state index is 2.76. The van der Waals surface area contributed by atoms with Crippen LogP contribution < -0.4 is 0 Å². The Bertz CT molecular complexity index is 395. The Morgan fingerprint density at radius 2 is 1.75 bits per heavy atom. The van der Waals surface area contributed by atoms with E-state index in [1.807, 2.05) is 0 Å². The van der Waals surface area contributed by atoms with Crippen molar-refractivity contribution in [2.45, 2.75) is 45.2 Å². The molecular formula is C18H28N2. The molecule has 2 aliphatic rings. The molecular weight excluding hydrogens is 244 g/mol. The summed E-state index contributed by atoms with van der Waals surface area (Å²) in [6.45, 7) is 8.56. The summed E-state index contributed by atoms with van der Waals surface area (Å²) in [6, 6.07) is 11.8. The van der Waals surface area contributed by atoms with E-state index in [0.717, 1.165) is 18.5 Å². The number of hydrogen-bond acceptors (Lipinski definition) is 2. The molecule has 0 aromatic heterocycles. The standard InChI is InChI=1S/C18H28N2/c1-16-6-5-9-18(14-16)20-12-10-19(11-13-20)15-17-7-3-2-4-8-17/h2-4,7-8,16,18H,5-6,9-15H2,1H3/t16-,18+/m1/s1. The lowest BCUT2D eigenvalue weighted by molar-refractivity contribution is 0.0659. The van der Waals surface area contributed by atoms with E-state index in [9.17, 15) is 0 Å². The molecule has 2 fully saturated rings. The van der Waals surface area contributed by atoms with Crippen molar-refractivity contribution in [2.75, 3.05) is 26.2 Å². The lowest BCUT2D eigenvalue weighted by Crippen LogP contribution is -2.50. The van der Waals surface area contributed by atoms with Crippen LogP contribution in [0.3, 0.4) is 0 Å². The Balaban J connectivity index is 1.47. The van der Waals surface area contributed by atoms with Crippen LogP contribution in [-0.2, 0) is 6.54 Å². The Hall–Kier alpha value is -0.860. The van der Waals surface area contributed by atoms with E-state index in [1.165, 1.54) is 57.4 Å². The van der Waals surface area contributed by atoms with Gasteiger partial charge in [0, 0.05) is 38.8 Å². The zero-order valence-corrected chi connectivity index (χ0v) is 12.8. The molecule has 1 aromatic rings. The van der Waals surface area contributed by atoms with Gasteiger partial charge in [-0.1, -0.05) is 50.1 Å². The molecule has 0 radical (unpaired) electrons. The first-order valence-corrected chi connectivity index (χ1v) is 8.31. The van der Waals surface area contributed by atoms with Gasteiger partial charge < -0.3 is 0 Å². The largest absolute Gasteiger partial charge is 0.298 e. The summed E-state index contributed by atoms with van der Waals surface area (Å²) in [5.41, 5.74) is 1.45. The van der Waals surface area contributed by atoms with E-state index >= 15 is 0 Å². The molecule has 1 saturated heterocycles. The first kappa shape index (κ1) is 14.1. The van der Waals surface area contributed by atoms with Gasteiger partial charge in [0.25, 0.3) is 0 Å². The molecule has 2 atom stereocenters. The number of hydrogen-bond donors (Lipinski definition) is 0. The highest BCUT2D eigenvalue weighted by molar-refractivity contribution is 5.14. The molecule has 0 amide bonds. The van der Waals surface area contributed by atoms with Gasteiger partial charge in [0.15, 0.2) is 0 Å². The van der Waals surface area contributed by atoms with Gasteiger partial charge in [0.2, 0.25) is 0 Å². The van der Waals surface area contributed by atoms with Gasteiger partial charge in [-0.25, -0.2) is 0 Å². The van der Waals surface area contributed by atoms with Crippen LogP contribution in [-0.4, -0.2) is 42.0 Å². The Morgan fingerprint density at radius 3 is 2.45 bits per heavy atom. The Labute approximate surface area is 123 Å². The van der Waals surface area contributed by atoms with Crippen molar-refractivity contribution in [3.05, 3.63) is 35.9 Å². The predicted molar refractivity (Wildman–Crippen MR) is 84.7 cm³/mol. The molecule has 2 nitrogen and oxygen atoms in total. The van der Waals surface area contributed by atoms with E-state index < -0.39 is 0 Å². The summed E-state index contributed by atoms with van der Waals surface area (Å²) in [7, 11) is 0. The first-order valence-electron chi connectivity index (χ1n) is 8.31. The zero-order chi connectivity index (χ0) is 13.8. The zero-order valence-electron chi connectivity index (χ0n) is 12.8. The lowest BCUT2D eigenvalue weighted by Gasteiger charge is -2.42. The highest BCUT2D eigenvalue weighted by Gasteiger charge is 2.27. The van der Waals surface area contributed by atoms with Crippen molar-refractivity contribution >= 4 is 0 Å². The van der Waals surface area contributed by atoms with Crippen molar-refractivity contribution in [2.24, 2.45) is 5.92 Å². The van der Waals surface area contributed by atoms with Gasteiger partial charge in [-0.3, -0.25) is 9.80 Å². The van der Waals surface area contributed by atoms with E-state index in [-0.39, 0.29) is 0 Å². The molecule has 0 N–H and O–H groups in total. The van der Waals surface area contributed by atoms with Crippen molar-refractivity contribution < 1.29 is 0 Å². The highest BCUT2D eigenvalue weighted by atomic mass is 15.3. The van der Waals surface area contributed by atoms with E-state index in [0.29, 0.717) is 0 Å². The molecule has 110 valence electrons. The van der Waals surface area contributed by atoms with Crippen LogP contribution in [0.4, 0.5) is 0 Å². The van der Waals surface area contributed by atoms with Crippen LogP contribution in [0.25, 0.3) is 0 Å². The number of benzene rings is 1. The summed E-state index contributed by atoms with van der Waals surface area (Å²) in [5, 5.41) is 0. The summed E-state index contributed by atoms with van der Waals surface area (Å²) in [4.78, 5) is 5.37. The molecule has 0 spiro atoms. The van der Waals surface area contributed by atoms with Gasteiger partial charge in [-0.2, -0.15) is 0 Å². The molecule has 20 heavy (non-hydrogen) atoms. The molecule has 1 saturated carbocycles. The first-order chi connectivity index (χ1) is 9.81. The molecule has 3 rings (SSSR count). The fraction of sp³-hybridized carbons (Fsp3) is 0.667. The minimum atomic E-state index is 0.873. The second-order valence-electron chi connectivity index (χ2n) is 6.72. The molecule has 1 aliphatic heterocycles. The number of piperazine rings is 1. The minimum Gasteiger partial charge on any atom is -0.298 e. The van der Waals surface area contributed by atoms with Crippen LogP contribution in [0.1, 0.15) is 38.2 Å². The molecule has 0 unspecified atom stereocenters. The summed E-state index contributed by atoms with van der Waals surface area (Å²) in [5.74, 6) is 0.941. The van der Waals surface area contributed by atoms with Gasteiger partial charge in [-0.05, 0) is 24.3 Å². The maximum atomic E-state index is 2.76. The minimum absolute atomic E-state index is 0.873. The third kappa shape index (κ3) is 3.62. The monoisotopic (exact) mass is 272 g/mol. The second kappa shape index (κ2) is 6.73. The Morgan fingerprint density at radius 1 is 1.00 bits per heavy atom. The lowest BCUT2D eigenvalue weighted by atomic mass is 9.86. The number of rotatable bonds is 3. The molecule has 0 bridgehead atoms. The van der Waals surface area contributed by atoms with Crippen molar-refractivity contribution in [3.8, 4) is 0 Å². The quantitative estimate of drug-likeness (QED) is 0.832. The van der Waals surface area contributed by atoms with Crippen LogP contribution in [0.5, 0.6) is 0 Å². The smallest absolute Gasteiger partial charge is 0.0234 e. The fourth-order valence-corrected chi connectivity index (χ4v) is 3.86. The van der Waals surface area contributed by atoms with Crippen molar-refractivity contribution in [3.63, 3.8) is 0 Å². The number of nitrogens with zero attached hydrogens (tertiary/aromatic N) is 2. The average Bonchev–Trinajstić information content (AvgIpc) is 2.49. The average molecular weight is 272 g/mol. The van der Waals surface area contributed by atoms with Crippen LogP contribution in [0.15, 0.2) is 30.3 Å². The maximum Gasteiger partial charge on any atom is 0.0234 e. The van der Waals surface area contributed by atoms with Crippen LogP contribution in [0.2, 0.25) is 0 Å². The van der Waals surface area contributed by atoms with Crippen molar-refractivity contribution in [1.29, 1.82) is 0 Å². The molecule has 1 heterocycles. The topological polar surface area (TPSA) is 6.48 Å². The molecule has 1 aromatic carbocycles. The highest BCUT2D eigenvalue weighted by Crippen LogP contribution is 2.28. The van der Waals surface area contributed by atoms with Gasteiger partial charge in [-0.15, -0.1) is 0 Å². The van der Waals surface area contributed by atoms with E-state index in [1.54, 1.807) is 0 Å².